The second-order valence-electron chi connectivity index (χ2n) is 16.3. The fourth-order valence-corrected chi connectivity index (χ4v) is 15.1. The molecule has 0 radical (unpaired) electrons. The molecule has 0 unspecified atom stereocenters. The number of benzene rings is 11. The molecule has 0 aliphatic rings. The van der Waals surface area contributed by atoms with Gasteiger partial charge in [-0.05, 0) is 118 Å². The van der Waals surface area contributed by atoms with Crippen molar-refractivity contribution in [1.29, 1.82) is 0 Å². The Kier molecular flexibility index (Phi) is 17.4. The van der Waals surface area contributed by atoms with E-state index in [1.54, 1.807) is 0 Å². The molecule has 0 amide bonds. The molecule has 11 rings (SSSR count). The standard InChI is InChI=1S/C32H28P2.2C16H9.2Ag/c1-25-23-31(33(27-15-7-3-8-16-27)28-17-9-4-10-18-28)32(24-26(25)2)34(29-19-11-5-12-20-29)30-21-13-6-14-22-30;2*1-2-12-7-5-9-16-14-8-4-3-6-13(14)10-11-15(12)16;;/h3-24H,1-2H3;2*3-11H;;/q;2*-1;2*+1/p+2. The third-order valence-electron chi connectivity index (χ3n) is 12.3. The minimum atomic E-state index is -1.18. The molecule has 11 aromatic rings. The zero-order valence-electron chi connectivity index (χ0n) is 37.7. The SMILES string of the molecule is Cc1cc([PH+](c2ccccc2)c2ccccc2)c([PH+](c2ccccc2)c2ccccc2)cc1C.[Ag+].[Ag+].[C-]#Cc1cccc2c1ccc1ccccc12.[C-]#Cc1cccc2c1ccc1ccccc12. The van der Waals surface area contributed by atoms with E-state index in [4.69, 9.17) is 12.8 Å². The summed E-state index contributed by atoms with van der Waals surface area (Å²) >= 11 is 0. The number of hydrogen-bond acceptors (Lipinski definition) is 0. The summed E-state index contributed by atoms with van der Waals surface area (Å²) in [5, 5.41) is 18.3. The molecule has 0 fully saturated rings. The summed E-state index contributed by atoms with van der Waals surface area (Å²) in [4.78, 5) is 0. The molecular formula is C64H48Ag2P2+2. The molecule has 0 saturated carbocycles. The minimum absolute atomic E-state index is 0. The van der Waals surface area contributed by atoms with Crippen molar-refractivity contribution in [3.8, 4) is 11.8 Å². The molecule has 0 aliphatic carbocycles. The molecule has 68 heavy (non-hydrogen) atoms. The van der Waals surface area contributed by atoms with Crippen molar-refractivity contribution in [2.45, 2.75) is 13.8 Å². The molecule has 0 spiro atoms. The molecule has 0 nitrogen and oxygen atoms in total. The van der Waals surface area contributed by atoms with Crippen LogP contribution in [-0.4, -0.2) is 0 Å². The van der Waals surface area contributed by atoms with Gasteiger partial charge in [0.25, 0.3) is 0 Å². The Balaban J connectivity index is 0.000000167. The van der Waals surface area contributed by atoms with Gasteiger partial charge in [0.05, 0.1) is 0 Å². The van der Waals surface area contributed by atoms with Gasteiger partial charge in [0.15, 0.2) is 0 Å². The van der Waals surface area contributed by atoms with Gasteiger partial charge in [-0.2, -0.15) is 0 Å². The summed E-state index contributed by atoms with van der Waals surface area (Å²) < 4.78 is 0. The molecule has 0 bridgehead atoms. The van der Waals surface area contributed by atoms with Crippen molar-refractivity contribution in [2.24, 2.45) is 0 Å². The van der Waals surface area contributed by atoms with Gasteiger partial charge >= 0.3 is 44.8 Å². The average molecular weight is 1090 g/mol. The smallest absolute Gasteiger partial charge is 0.366 e. The summed E-state index contributed by atoms with van der Waals surface area (Å²) in [6.45, 7) is 4.52. The normalized spacial score (nSPS) is 10.5. The van der Waals surface area contributed by atoms with Gasteiger partial charge in [0.1, 0.15) is 47.7 Å². The molecule has 11 aromatic carbocycles. The van der Waals surface area contributed by atoms with Crippen LogP contribution >= 0.6 is 15.8 Å². The van der Waals surface area contributed by atoms with Crippen LogP contribution in [0.25, 0.3) is 43.1 Å². The van der Waals surface area contributed by atoms with Gasteiger partial charge in [-0.1, -0.05) is 181 Å². The van der Waals surface area contributed by atoms with Gasteiger partial charge in [-0.3, -0.25) is 11.8 Å². The molecule has 0 N–H and O–H groups in total. The first kappa shape index (κ1) is 49.8. The van der Waals surface area contributed by atoms with Crippen molar-refractivity contribution in [2.75, 3.05) is 0 Å². The molecule has 334 valence electrons. The van der Waals surface area contributed by atoms with Crippen LogP contribution in [-0.2, 0) is 44.8 Å². The molecule has 0 atom stereocenters. The first-order chi connectivity index (χ1) is 32.5. The monoisotopic (exact) mass is 1090 g/mol. The maximum absolute atomic E-state index is 7.28. The zero-order valence-corrected chi connectivity index (χ0v) is 42.7. The number of hydrogen-bond donors (Lipinski definition) is 0. The van der Waals surface area contributed by atoms with E-state index in [0.717, 1.165) is 21.9 Å². The Bertz CT molecular complexity index is 3210. The second-order valence-corrected chi connectivity index (χ2v) is 21.2. The van der Waals surface area contributed by atoms with Gasteiger partial charge in [-0.15, -0.1) is 23.3 Å². The Labute approximate surface area is 435 Å². The summed E-state index contributed by atoms with van der Waals surface area (Å²) in [5.41, 5.74) is 4.44. The zero-order chi connectivity index (χ0) is 45.2. The van der Waals surface area contributed by atoms with E-state index in [0.29, 0.717) is 0 Å². The largest absolute Gasteiger partial charge is 1.00 e. The van der Waals surface area contributed by atoms with Gasteiger partial charge in [-0.25, -0.2) is 0 Å². The van der Waals surface area contributed by atoms with Gasteiger partial charge < -0.3 is 12.8 Å². The summed E-state index contributed by atoms with van der Waals surface area (Å²) in [6.07, 6.45) is 14.6. The first-order valence-corrected chi connectivity index (χ1v) is 25.3. The van der Waals surface area contributed by atoms with Crippen molar-refractivity contribution in [3.05, 3.63) is 278 Å². The van der Waals surface area contributed by atoms with Crippen molar-refractivity contribution >= 4 is 90.8 Å². The van der Waals surface area contributed by atoms with Crippen LogP contribution in [0.5, 0.6) is 0 Å². The quantitative estimate of drug-likeness (QED) is 0.0512. The topological polar surface area (TPSA) is 0 Å². The minimum Gasteiger partial charge on any atom is -0.366 e. The van der Waals surface area contributed by atoms with Crippen molar-refractivity contribution < 1.29 is 44.8 Å². The van der Waals surface area contributed by atoms with Crippen LogP contribution in [0, 0.1) is 38.5 Å². The fraction of sp³-hybridized carbons (Fsp3) is 0.0312. The van der Waals surface area contributed by atoms with E-state index in [2.05, 4.69) is 220 Å². The second kappa shape index (κ2) is 23.8. The van der Waals surface area contributed by atoms with Crippen LogP contribution < -0.4 is 31.8 Å². The number of rotatable bonds is 6. The molecule has 0 saturated heterocycles. The van der Waals surface area contributed by atoms with Crippen molar-refractivity contribution in [3.63, 3.8) is 0 Å². The average Bonchev–Trinajstić information content (AvgIpc) is 3.39. The Hall–Kier alpha value is -6.08. The fourth-order valence-electron chi connectivity index (χ4n) is 8.90. The summed E-state index contributed by atoms with van der Waals surface area (Å²) in [5.74, 6) is 4.97. The van der Waals surface area contributed by atoms with E-state index < -0.39 is 15.8 Å². The molecule has 0 aliphatic heterocycles. The number of fused-ring (bicyclic) bond motifs is 6. The van der Waals surface area contributed by atoms with Crippen LogP contribution in [0.15, 0.2) is 243 Å². The predicted molar refractivity (Wildman–Crippen MR) is 291 cm³/mol. The number of aryl methyl sites for hydroxylation is 2. The molecule has 0 heterocycles. The van der Waals surface area contributed by atoms with Crippen LogP contribution in [0.2, 0.25) is 0 Å². The van der Waals surface area contributed by atoms with Crippen LogP contribution in [0.4, 0.5) is 0 Å². The van der Waals surface area contributed by atoms with Gasteiger partial charge in [0.2, 0.25) is 0 Å². The Morgan fingerprint density at radius 1 is 0.294 bits per heavy atom. The Morgan fingerprint density at radius 2 is 0.588 bits per heavy atom. The molecular weight excluding hydrogens is 1050 g/mol. The van der Waals surface area contributed by atoms with E-state index in [9.17, 15) is 0 Å². The first-order valence-electron chi connectivity index (χ1n) is 22.3. The Morgan fingerprint density at radius 3 is 0.912 bits per heavy atom. The van der Waals surface area contributed by atoms with E-state index in [1.807, 2.05) is 48.5 Å². The van der Waals surface area contributed by atoms with E-state index in [1.165, 1.54) is 75.3 Å². The van der Waals surface area contributed by atoms with Crippen molar-refractivity contribution in [1.82, 2.24) is 0 Å². The third-order valence-corrected chi connectivity index (χ3v) is 18.1. The predicted octanol–water partition coefficient (Wildman–Crippen LogP) is 13.1. The van der Waals surface area contributed by atoms with Gasteiger partial charge in [0, 0.05) is 0 Å². The van der Waals surface area contributed by atoms with E-state index in [-0.39, 0.29) is 44.8 Å². The third kappa shape index (κ3) is 10.9. The summed E-state index contributed by atoms with van der Waals surface area (Å²) in [6, 6.07) is 86.4. The van der Waals surface area contributed by atoms with E-state index >= 15 is 0 Å². The molecule has 4 heteroatoms. The summed E-state index contributed by atoms with van der Waals surface area (Å²) in [7, 11) is -2.36. The maximum Gasteiger partial charge on any atom is 1.00 e. The van der Waals surface area contributed by atoms with Crippen LogP contribution in [0.1, 0.15) is 22.3 Å². The maximum atomic E-state index is 7.28. The molecule has 0 aromatic heterocycles. The van der Waals surface area contributed by atoms with Crippen LogP contribution in [0.3, 0.4) is 0 Å².